The molecule has 0 N–H and O–H groups in total. The van der Waals surface area contributed by atoms with Crippen LogP contribution in [0.4, 0.5) is 0 Å². The number of hydrogen-bond acceptors (Lipinski definition) is 5. The summed E-state index contributed by atoms with van der Waals surface area (Å²) in [6.07, 6.45) is 4.57. The van der Waals surface area contributed by atoms with Crippen LogP contribution in [0.3, 0.4) is 0 Å². The molecule has 2 heterocycles. The Morgan fingerprint density at radius 1 is 1.14 bits per heavy atom. The van der Waals surface area contributed by atoms with Crippen molar-refractivity contribution < 1.29 is 4.74 Å². The highest BCUT2D eigenvalue weighted by atomic mass is 32.1. The predicted octanol–water partition coefficient (Wildman–Crippen LogP) is 3.49. The maximum absolute atomic E-state index is 12.7. The van der Waals surface area contributed by atoms with Gasteiger partial charge < -0.3 is 4.74 Å². The number of fused-ring (bicyclic) bond motifs is 1. The van der Waals surface area contributed by atoms with Gasteiger partial charge in [-0.2, -0.15) is 9.50 Å². The molecule has 0 bridgehead atoms. The predicted molar refractivity (Wildman–Crippen MR) is 113 cm³/mol. The molecule has 0 saturated carbocycles. The van der Waals surface area contributed by atoms with Gasteiger partial charge in [0.2, 0.25) is 4.96 Å². The van der Waals surface area contributed by atoms with Crippen LogP contribution >= 0.6 is 11.3 Å². The number of hydrogen-bond donors (Lipinski definition) is 0. The molecular formula is C22H19N3O2S. The van der Waals surface area contributed by atoms with Gasteiger partial charge in [0.15, 0.2) is 5.82 Å². The SMILES string of the molecule is C=CCOc1ccc(-c2nc3s/c(=C\c4ccc(CC)cc4)c(=O)n3n2)cc1. The van der Waals surface area contributed by atoms with Crippen molar-refractivity contribution in [2.75, 3.05) is 6.61 Å². The second-order valence-corrected chi connectivity index (χ2v) is 7.27. The number of thiazole rings is 1. The lowest BCUT2D eigenvalue weighted by atomic mass is 10.1. The molecule has 0 radical (unpaired) electrons. The minimum Gasteiger partial charge on any atom is -0.490 e. The van der Waals surface area contributed by atoms with Crippen molar-refractivity contribution >= 4 is 22.4 Å². The summed E-state index contributed by atoms with van der Waals surface area (Å²) in [5, 5.41) is 4.39. The fourth-order valence-corrected chi connectivity index (χ4v) is 3.72. The van der Waals surface area contributed by atoms with Crippen LogP contribution in [0.25, 0.3) is 22.4 Å². The summed E-state index contributed by atoms with van der Waals surface area (Å²) in [6.45, 7) is 6.20. The summed E-state index contributed by atoms with van der Waals surface area (Å²) < 4.78 is 7.47. The van der Waals surface area contributed by atoms with E-state index in [0.717, 1.165) is 23.3 Å². The van der Waals surface area contributed by atoms with Gasteiger partial charge in [0.1, 0.15) is 12.4 Å². The fourth-order valence-electron chi connectivity index (χ4n) is 2.81. The molecule has 0 amide bonds. The number of aryl methyl sites for hydroxylation is 1. The van der Waals surface area contributed by atoms with Gasteiger partial charge in [0, 0.05) is 5.56 Å². The Kier molecular flexibility index (Phi) is 5.04. The third-order valence-electron chi connectivity index (χ3n) is 4.35. The second-order valence-electron chi connectivity index (χ2n) is 6.26. The lowest BCUT2D eigenvalue weighted by Gasteiger charge is -2.02. The van der Waals surface area contributed by atoms with Crippen LogP contribution in [0.15, 0.2) is 66.0 Å². The first-order valence-corrected chi connectivity index (χ1v) is 9.84. The Hall–Kier alpha value is -3.25. The average molecular weight is 389 g/mol. The van der Waals surface area contributed by atoms with Crippen molar-refractivity contribution in [2.24, 2.45) is 0 Å². The van der Waals surface area contributed by atoms with Crippen molar-refractivity contribution in [1.29, 1.82) is 0 Å². The largest absolute Gasteiger partial charge is 0.490 e. The smallest absolute Gasteiger partial charge is 0.291 e. The Morgan fingerprint density at radius 3 is 2.54 bits per heavy atom. The van der Waals surface area contributed by atoms with Crippen LogP contribution in [0, 0.1) is 0 Å². The fraction of sp³-hybridized carbons (Fsp3) is 0.136. The lowest BCUT2D eigenvalue weighted by Crippen LogP contribution is -2.23. The van der Waals surface area contributed by atoms with Crippen LogP contribution in [0.1, 0.15) is 18.1 Å². The molecule has 5 nitrogen and oxygen atoms in total. The highest BCUT2D eigenvalue weighted by Crippen LogP contribution is 2.20. The zero-order valence-electron chi connectivity index (χ0n) is 15.5. The third kappa shape index (κ3) is 3.59. The molecule has 2 aromatic carbocycles. The van der Waals surface area contributed by atoms with E-state index in [1.807, 2.05) is 42.5 Å². The molecule has 0 unspecified atom stereocenters. The van der Waals surface area contributed by atoms with Crippen LogP contribution in [0.2, 0.25) is 0 Å². The van der Waals surface area contributed by atoms with E-state index >= 15 is 0 Å². The molecule has 0 atom stereocenters. The number of benzene rings is 2. The molecule has 4 rings (SSSR count). The molecule has 28 heavy (non-hydrogen) atoms. The Labute approximate surface area is 166 Å². The highest BCUT2D eigenvalue weighted by Gasteiger charge is 2.12. The summed E-state index contributed by atoms with van der Waals surface area (Å²) in [6, 6.07) is 15.7. The standard InChI is InChI=1S/C22H19N3O2S/c1-3-13-27-18-11-9-17(10-12-18)20-23-22-25(24-20)21(26)19(28-22)14-16-7-5-15(4-2)6-8-16/h3,5-12,14H,1,4,13H2,2H3/b19-14-. The molecule has 0 aliphatic carbocycles. The van der Waals surface area contributed by atoms with E-state index in [4.69, 9.17) is 4.74 Å². The molecule has 0 fully saturated rings. The van der Waals surface area contributed by atoms with E-state index in [1.165, 1.54) is 21.4 Å². The van der Waals surface area contributed by atoms with Crippen LogP contribution in [-0.2, 0) is 6.42 Å². The van der Waals surface area contributed by atoms with E-state index in [1.54, 1.807) is 6.08 Å². The summed E-state index contributed by atoms with van der Waals surface area (Å²) in [5.41, 5.74) is 2.95. The first-order valence-electron chi connectivity index (χ1n) is 9.02. The minimum absolute atomic E-state index is 0.149. The number of aromatic nitrogens is 3. The van der Waals surface area contributed by atoms with Gasteiger partial charge >= 0.3 is 0 Å². The van der Waals surface area contributed by atoms with Gasteiger partial charge in [0.05, 0.1) is 4.53 Å². The molecule has 0 aliphatic heterocycles. The van der Waals surface area contributed by atoms with Gasteiger partial charge in [-0.25, -0.2) is 0 Å². The lowest BCUT2D eigenvalue weighted by molar-refractivity contribution is 0.363. The van der Waals surface area contributed by atoms with Gasteiger partial charge in [-0.3, -0.25) is 4.79 Å². The second kappa shape index (κ2) is 7.78. The molecule has 0 aliphatic rings. The Morgan fingerprint density at radius 2 is 1.89 bits per heavy atom. The van der Waals surface area contributed by atoms with E-state index < -0.39 is 0 Å². The summed E-state index contributed by atoms with van der Waals surface area (Å²) in [7, 11) is 0. The number of rotatable bonds is 6. The molecule has 0 spiro atoms. The summed E-state index contributed by atoms with van der Waals surface area (Å²) in [5.74, 6) is 1.28. The molecule has 140 valence electrons. The minimum atomic E-state index is -0.149. The zero-order valence-corrected chi connectivity index (χ0v) is 16.3. The van der Waals surface area contributed by atoms with Gasteiger partial charge in [-0.05, 0) is 47.9 Å². The van der Waals surface area contributed by atoms with Crippen molar-refractivity contribution in [3.63, 3.8) is 0 Å². The third-order valence-corrected chi connectivity index (χ3v) is 5.31. The van der Waals surface area contributed by atoms with Crippen LogP contribution in [0.5, 0.6) is 5.75 Å². The van der Waals surface area contributed by atoms with E-state index in [9.17, 15) is 4.79 Å². The zero-order chi connectivity index (χ0) is 19.5. The molecule has 2 aromatic heterocycles. The summed E-state index contributed by atoms with van der Waals surface area (Å²) >= 11 is 1.34. The number of ether oxygens (including phenoxy) is 1. The Balaban J connectivity index is 1.65. The normalized spacial score (nSPS) is 11.8. The maximum atomic E-state index is 12.7. The Bertz CT molecular complexity index is 1220. The van der Waals surface area contributed by atoms with E-state index in [2.05, 4.69) is 35.7 Å². The van der Waals surface area contributed by atoms with Crippen LogP contribution in [-0.4, -0.2) is 21.2 Å². The van der Waals surface area contributed by atoms with Crippen molar-refractivity contribution in [3.8, 4) is 17.1 Å². The van der Waals surface area contributed by atoms with Crippen molar-refractivity contribution in [1.82, 2.24) is 14.6 Å². The first kappa shape index (κ1) is 18.1. The topological polar surface area (TPSA) is 56.5 Å². The quantitative estimate of drug-likeness (QED) is 0.474. The summed E-state index contributed by atoms with van der Waals surface area (Å²) in [4.78, 5) is 17.8. The van der Waals surface area contributed by atoms with Gasteiger partial charge in [0.25, 0.3) is 5.56 Å². The number of nitrogens with zero attached hydrogens (tertiary/aromatic N) is 3. The average Bonchev–Trinajstić information content (AvgIpc) is 3.27. The molecular weight excluding hydrogens is 370 g/mol. The van der Waals surface area contributed by atoms with Gasteiger partial charge in [-0.1, -0.05) is 55.2 Å². The van der Waals surface area contributed by atoms with Crippen molar-refractivity contribution in [2.45, 2.75) is 13.3 Å². The molecule has 0 saturated heterocycles. The molecule has 4 aromatic rings. The van der Waals surface area contributed by atoms with Crippen LogP contribution < -0.4 is 14.8 Å². The van der Waals surface area contributed by atoms with E-state index in [-0.39, 0.29) is 5.56 Å². The monoisotopic (exact) mass is 389 g/mol. The maximum Gasteiger partial charge on any atom is 0.291 e. The first-order chi connectivity index (χ1) is 13.7. The molecule has 6 heteroatoms. The van der Waals surface area contributed by atoms with E-state index in [0.29, 0.717) is 21.9 Å². The highest BCUT2D eigenvalue weighted by molar-refractivity contribution is 7.15. The van der Waals surface area contributed by atoms with Crippen molar-refractivity contribution in [3.05, 3.63) is 87.2 Å². The van der Waals surface area contributed by atoms with Gasteiger partial charge in [-0.15, -0.1) is 5.10 Å².